The zero-order valence-electron chi connectivity index (χ0n) is 14.6. The average molecular weight is 398 g/mol. The summed E-state index contributed by atoms with van der Waals surface area (Å²) in [5.74, 6) is 1.75. The Hall–Kier alpha value is -2.57. The number of thioether (sulfide) groups is 1. The lowest BCUT2D eigenvalue weighted by molar-refractivity contribution is 0.340. The van der Waals surface area contributed by atoms with Crippen LogP contribution >= 0.6 is 23.4 Å². The molecule has 0 aliphatic carbocycles. The van der Waals surface area contributed by atoms with Gasteiger partial charge in [0.25, 0.3) is 11.1 Å². The molecule has 0 aliphatic rings. The first-order valence-electron chi connectivity index (χ1n) is 8.47. The van der Waals surface area contributed by atoms with Gasteiger partial charge >= 0.3 is 0 Å². The summed E-state index contributed by atoms with van der Waals surface area (Å²) >= 11 is 7.74. The predicted molar refractivity (Wildman–Crippen MR) is 107 cm³/mol. The van der Waals surface area contributed by atoms with Gasteiger partial charge in [0.15, 0.2) is 0 Å². The highest BCUT2D eigenvalue weighted by Crippen LogP contribution is 2.32. The van der Waals surface area contributed by atoms with Crippen LogP contribution in [0.3, 0.4) is 0 Å². The molecule has 0 unspecified atom stereocenters. The van der Waals surface area contributed by atoms with Crippen molar-refractivity contribution in [3.05, 3.63) is 65.3 Å². The highest BCUT2D eigenvalue weighted by Gasteiger charge is 2.14. The molecule has 2 aromatic carbocycles. The van der Waals surface area contributed by atoms with Gasteiger partial charge in [0, 0.05) is 16.7 Å². The molecule has 27 heavy (non-hydrogen) atoms. The van der Waals surface area contributed by atoms with Gasteiger partial charge in [0.1, 0.15) is 10.9 Å². The zero-order valence-corrected chi connectivity index (χ0v) is 16.1. The van der Waals surface area contributed by atoms with E-state index in [1.54, 1.807) is 0 Å². The summed E-state index contributed by atoms with van der Waals surface area (Å²) in [5, 5.41) is 10.3. The SMILES string of the molecule is CCOc1ccccc1-c1nnc(SCc2cc3ccccc3nc2Cl)o1. The molecule has 0 N–H and O–H groups in total. The maximum absolute atomic E-state index is 6.32. The summed E-state index contributed by atoms with van der Waals surface area (Å²) in [7, 11) is 0. The molecule has 0 saturated carbocycles. The number of benzene rings is 2. The second-order valence-corrected chi connectivity index (χ2v) is 7.01. The molecule has 2 aromatic heterocycles. The van der Waals surface area contributed by atoms with Gasteiger partial charge in [0.2, 0.25) is 0 Å². The molecule has 5 nitrogen and oxygen atoms in total. The Kier molecular flexibility index (Phi) is 5.27. The minimum absolute atomic E-state index is 0.435. The van der Waals surface area contributed by atoms with Crippen LogP contribution in [-0.2, 0) is 5.75 Å². The lowest BCUT2D eigenvalue weighted by Gasteiger charge is -2.06. The van der Waals surface area contributed by atoms with E-state index >= 15 is 0 Å². The fourth-order valence-corrected chi connectivity index (χ4v) is 3.71. The molecule has 0 bridgehead atoms. The first kappa shape index (κ1) is 17.8. The summed E-state index contributed by atoms with van der Waals surface area (Å²) in [6.45, 7) is 2.51. The Morgan fingerprint density at radius 1 is 1.07 bits per heavy atom. The first-order valence-corrected chi connectivity index (χ1v) is 9.83. The molecule has 136 valence electrons. The van der Waals surface area contributed by atoms with Crippen molar-refractivity contribution in [2.24, 2.45) is 0 Å². The minimum atomic E-state index is 0.435. The number of aromatic nitrogens is 3. The minimum Gasteiger partial charge on any atom is -0.493 e. The standard InChI is InChI=1S/C20H16ClN3O2S/c1-2-25-17-10-6-4-8-15(17)19-23-24-20(26-19)27-12-14-11-13-7-3-5-9-16(13)22-18(14)21/h3-11H,2,12H2,1H3. The van der Waals surface area contributed by atoms with E-state index in [0.29, 0.717) is 28.6 Å². The van der Waals surface area contributed by atoms with E-state index in [4.69, 9.17) is 20.8 Å². The molecule has 0 radical (unpaired) electrons. The van der Waals surface area contributed by atoms with Gasteiger partial charge in [-0.3, -0.25) is 0 Å². The van der Waals surface area contributed by atoms with Crippen LogP contribution in [0.25, 0.3) is 22.4 Å². The van der Waals surface area contributed by atoms with Gasteiger partial charge in [-0.15, -0.1) is 10.2 Å². The second-order valence-electron chi connectivity index (χ2n) is 5.72. The van der Waals surface area contributed by atoms with Crippen LogP contribution in [0.1, 0.15) is 12.5 Å². The van der Waals surface area contributed by atoms with Crippen molar-refractivity contribution in [3.63, 3.8) is 0 Å². The van der Waals surface area contributed by atoms with E-state index in [1.165, 1.54) is 11.8 Å². The molecule has 0 atom stereocenters. The summed E-state index contributed by atoms with van der Waals surface area (Å²) in [4.78, 5) is 4.44. The number of hydrogen-bond donors (Lipinski definition) is 0. The molecular weight excluding hydrogens is 382 g/mol. The Balaban J connectivity index is 1.53. The monoisotopic (exact) mass is 397 g/mol. The Morgan fingerprint density at radius 2 is 1.89 bits per heavy atom. The third-order valence-corrected chi connectivity index (χ3v) is 5.12. The van der Waals surface area contributed by atoms with Crippen molar-refractivity contribution in [1.29, 1.82) is 0 Å². The quantitative estimate of drug-likeness (QED) is 0.310. The van der Waals surface area contributed by atoms with Crippen LogP contribution in [0.4, 0.5) is 0 Å². The molecule has 4 rings (SSSR count). The topological polar surface area (TPSA) is 61.0 Å². The third kappa shape index (κ3) is 3.91. The van der Waals surface area contributed by atoms with Crippen molar-refractivity contribution in [3.8, 4) is 17.2 Å². The normalized spacial score (nSPS) is 11.0. The van der Waals surface area contributed by atoms with Gasteiger partial charge in [-0.1, -0.05) is 53.7 Å². The molecule has 0 saturated heterocycles. The lowest BCUT2D eigenvalue weighted by atomic mass is 10.2. The zero-order chi connectivity index (χ0) is 18.6. The molecule has 0 aliphatic heterocycles. The maximum Gasteiger partial charge on any atom is 0.277 e. The molecular formula is C20H16ClN3O2S. The van der Waals surface area contributed by atoms with Crippen LogP contribution in [0, 0.1) is 0 Å². The number of nitrogens with zero attached hydrogens (tertiary/aromatic N) is 3. The van der Waals surface area contributed by atoms with Gasteiger partial charge in [-0.2, -0.15) is 0 Å². The fourth-order valence-electron chi connectivity index (χ4n) is 2.68. The highest BCUT2D eigenvalue weighted by molar-refractivity contribution is 7.98. The Labute approximate surface area is 165 Å². The summed E-state index contributed by atoms with van der Waals surface area (Å²) in [6.07, 6.45) is 0. The van der Waals surface area contributed by atoms with E-state index in [0.717, 1.165) is 27.8 Å². The van der Waals surface area contributed by atoms with Crippen LogP contribution in [0.5, 0.6) is 5.75 Å². The van der Waals surface area contributed by atoms with Gasteiger partial charge in [-0.25, -0.2) is 4.98 Å². The molecule has 2 heterocycles. The molecule has 0 amide bonds. The van der Waals surface area contributed by atoms with Gasteiger partial charge < -0.3 is 9.15 Å². The van der Waals surface area contributed by atoms with Crippen molar-refractivity contribution in [1.82, 2.24) is 15.2 Å². The van der Waals surface area contributed by atoms with Crippen LogP contribution in [0.2, 0.25) is 5.15 Å². The maximum atomic E-state index is 6.32. The molecule has 0 spiro atoms. The highest BCUT2D eigenvalue weighted by atomic mass is 35.5. The number of fused-ring (bicyclic) bond motifs is 1. The van der Waals surface area contributed by atoms with Crippen molar-refractivity contribution < 1.29 is 9.15 Å². The number of halogens is 1. The number of hydrogen-bond acceptors (Lipinski definition) is 6. The Morgan fingerprint density at radius 3 is 2.78 bits per heavy atom. The van der Waals surface area contributed by atoms with Gasteiger partial charge in [-0.05, 0) is 31.2 Å². The number of pyridine rings is 1. The van der Waals surface area contributed by atoms with Gasteiger partial charge in [0.05, 0.1) is 17.7 Å². The number of ether oxygens (including phenoxy) is 1. The number of rotatable bonds is 6. The molecule has 4 aromatic rings. The fraction of sp³-hybridized carbons (Fsp3) is 0.150. The van der Waals surface area contributed by atoms with Crippen molar-refractivity contribution in [2.75, 3.05) is 6.61 Å². The first-order chi connectivity index (χ1) is 13.2. The van der Waals surface area contributed by atoms with Crippen LogP contribution < -0.4 is 4.74 Å². The smallest absolute Gasteiger partial charge is 0.277 e. The number of para-hydroxylation sites is 2. The largest absolute Gasteiger partial charge is 0.493 e. The van der Waals surface area contributed by atoms with E-state index in [1.807, 2.05) is 61.5 Å². The molecule has 7 heteroatoms. The van der Waals surface area contributed by atoms with E-state index < -0.39 is 0 Å². The van der Waals surface area contributed by atoms with Crippen molar-refractivity contribution >= 4 is 34.3 Å². The Bertz CT molecular complexity index is 1080. The second kappa shape index (κ2) is 7.98. The van der Waals surface area contributed by atoms with Crippen LogP contribution in [-0.4, -0.2) is 21.8 Å². The molecule has 0 fully saturated rings. The summed E-state index contributed by atoms with van der Waals surface area (Å²) in [5.41, 5.74) is 2.59. The van der Waals surface area contributed by atoms with Crippen LogP contribution in [0.15, 0.2) is 64.2 Å². The predicted octanol–water partition coefficient (Wildman–Crippen LogP) is 5.63. The van der Waals surface area contributed by atoms with E-state index in [2.05, 4.69) is 15.2 Å². The summed E-state index contributed by atoms with van der Waals surface area (Å²) in [6, 6.07) is 17.5. The van der Waals surface area contributed by atoms with E-state index in [-0.39, 0.29) is 0 Å². The lowest BCUT2D eigenvalue weighted by Crippen LogP contribution is -1.93. The summed E-state index contributed by atoms with van der Waals surface area (Å²) < 4.78 is 11.4. The van der Waals surface area contributed by atoms with E-state index in [9.17, 15) is 0 Å². The average Bonchev–Trinajstić information content (AvgIpc) is 3.16. The van der Waals surface area contributed by atoms with Crippen molar-refractivity contribution in [2.45, 2.75) is 17.9 Å². The third-order valence-electron chi connectivity index (χ3n) is 3.92.